The number of allylic oxidation sites excluding steroid dienone is 1. The van der Waals surface area contributed by atoms with Crippen LogP contribution in [0.3, 0.4) is 0 Å². The van der Waals surface area contributed by atoms with Crippen LogP contribution in [0.25, 0.3) is 22.7 Å². The molecule has 0 aliphatic heterocycles. The quantitative estimate of drug-likeness (QED) is 0.328. The molecule has 5 nitrogen and oxygen atoms in total. The van der Waals surface area contributed by atoms with E-state index in [0.29, 0.717) is 41.1 Å². The topological polar surface area (TPSA) is 70.9 Å². The molecular formula is C26H22ClN3O2. The minimum absolute atomic E-state index is 0.330. The molecule has 0 fully saturated rings. The molecule has 0 saturated carbocycles. The predicted octanol–water partition coefficient (Wildman–Crippen LogP) is 6.57. The Balaban J connectivity index is 1.62. The third kappa shape index (κ3) is 4.77. The molecule has 4 rings (SSSR count). The molecule has 3 aromatic carbocycles. The van der Waals surface area contributed by atoms with Gasteiger partial charge < -0.3 is 14.5 Å². The van der Waals surface area contributed by atoms with Crippen molar-refractivity contribution < 1.29 is 9.47 Å². The van der Waals surface area contributed by atoms with Gasteiger partial charge in [-0.15, -0.1) is 0 Å². The van der Waals surface area contributed by atoms with Crippen molar-refractivity contribution in [2.24, 2.45) is 0 Å². The van der Waals surface area contributed by atoms with Crippen molar-refractivity contribution in [3.8, 4) is 17.6 Å². The van der Waals surface area contributed by atoms with Gasteiger partial charge in [0.15, 0.2) is 11.5 Å². The minimum Gasteiger partial charge on any atom is -0.490 e. The van der Waals surface area contributed by atoms with Crippen molar-refractivity contribution in [1.82, 2.24) is 9.97 Å². The van der Waals surface area contributed by atoms with Crippen LogP contribution in [0, 0.1) is 18.3 Å². The van der Waals surface area contributed by atoms with Gasteiger partial charge in [0.1, 0.15) is 18.5 Å². The maximum absolute atomic E-state index is 9.74. The smallest absolute Gasteiger partial charge is 0.161 e. The fraction of sp³-hybridized carbons (Fsp3) is 0.154. The molecule has 0 unspecified atom stereocenters. The molecule has 0 spiro atoms. The summed E-state index contributed by atoms with van der Waals surface area (Å²) in [5, 5.41) is 10.4. The Bertz CT molecular complexity index is 1330. The maximum Gasteiger partial charge on any atom is 0.161 e. The fourth-order valence-electron chi connectivity index (χ4n) is 3.34. The van der Waals surface area contributed by atoms with Gasteiger partial charge in [0, 0.05) is 10.6 Å². The fourth-order valence-corrected chi connectivity index (χ4v) is 3.53. The molecule has 0 aliphatic rings. The maximum atomic E-state index is 9.74. The van der Waals surface area contributed by atoms with Gasteiger partial charge in [-0.2, -0.15) is 5.26 Å². The van der Waals surface area contributed by atoms with Gasteiger partial charge in [0.2, 0.25) is 0 Å². The number of nitriles is 1. The highest BCUT2D eigenvalue weighted by Gasteiger charge is 2.11. The predicted molar refractivity (Wildman–Crippen MR) is 128 cm³/mol. The zero-order valence-electron chi connectivity index (χ0n) is 17.9. The number of ether oxygens (including phenoxy) is 2. The first-order valence-corrected chi connectivity index (χ1v) is 10.7. The van der Waals surface area contributed by atoms with E-state index in [0.717, 1.165) is 27.7 Å². The van der Waals surface area contributed by atoms with E-state index in [-0.39, 0.29) is 0 Å². The first kappa shape index (κ1) is 21.5. The molecule has 1 N–H and O–H groups in total. The summed E-state index contributed by atoms with van der Waals surface area (Å²) in [5.74, 6) is 1.75. The van der Waals surface area contributed by atoms with Crippen molar-refractivity contribution in [3.05, 3.63) is 88.2 Å². The average molecular weight is 444 g/mol. The molecule has 1 heterocycles. The number of H-pyrrole nitrogens is 1. The number of nitrogens with one attached hydrogen (secondary N) is 1. The van der Waals surface area contributed by atoms with E-state index in [1.165, 1.54) is 0 Å². The lowest BCUT2D eigenvalue weighted by molar-refractivity contribution is 0.269. The molecule has 0 radical (unpaired) electrons. The summed E-state index contributed by atoms with van der Waals surface area (Å²) in [5.41, 5.74) is 5.00. The van der Waals surface area contributed by atoms with Crippen LogP contribution in [0.5, 0.6) is 11.5 Å². The lowest BCUT2D eigenvalue weighted by Gasteiger charge is -2.13. The summed E-state index contributed by atoms with van der Waals surface area (Å²) in [7, 11) is 0. The van der Waals surface area contributed by atoms with Crippen LogP contribution >= 0.6 is 11.6 Å². The highest BCUT2D eigenvalue weighted by Crippen LogP contribution is 2.31. The number of aromatic amines is 1. The summed E-state index contributed by atoms with van der Waals surface area (Å²) < 4.78 is 11.7. The standard InChI is InChI=1S/C26H22ClN3O2/c1-3-31-25-14-18(9-11-24(25)32-16-19-6-4-5-7-21(19)27)13-20(15-28)26-29-22-10-8-17(2)12-23(22)30-26/h4-14H,3,16H2,1-2H3,(H,29,30). The highest BCUT2D eigenvalue weighted by atomic mass is 35.5. The lowest BCUT2D eigenvalue weighted by Crippen LogP contribution is -2.00. The second kappa shape index (κ2) is 9.59. The summed E-state index contributed by atoms with van der Waals surface area (Å²) in [4.78, 5) is 7.79. The Morgan fingerprint density at radius 3 is 2.72 bits per heavy atom. The Hall–Kier alpha value is -3.75. The molecule has 32 heavy (non-hydrogen) atoms. The van der Waals surface area contributed by atoms with Crippen molar-refractivity contribution >= 4 is 34.3 Å². The molecule has 1 aromatic heterocycles. The molecule has 0 bridgehead atoms. The summed E-state index contributed by atoms with van der Waals surface area (Å²) in [6, 6.07) is 21.3. The van der Waals surface area contributed by atoms with Crippen LogP contribution in [0.1, 0.15) is 29.4 Å². The van der Waals surface area contributed by atoms with Gasteiger partial charge in [-0.3, -0.25) is 0 Å². The molecule has 6 heteroatoms. The number of aromatic nitrogens is 2. The van der Waals surface area contributed by atoms with Crippen LogP contribution in [-0.4, -0.2) is 16.6 Å². The average Bonchev–Trinajstić information content (AvgIpc) is 3.21. The molecule has 160 valence electrons. The Labute approximate surface area is 191 Å². The first-order chi connectivity index (χ1) is 15.6. The van der Waals surface area contributed by atoms with E-state index in [4.69, 9.17) is 21.1 Å². The Morgan fingerprint density at radius 2 is 1.94 bits per heavy atom. The Kier molecular flexibility index (Phi) is 6.44. The second-order valence-corrected chi connectivity index (χ2v) is 7.70. The number of halogens is 1. The van der Waals surface area contributed by atoms with E-state index in [1.54, 1.807) is 6.08 Å². The van der Waals surface area contributed by atoms with E-state index in [9.17, 15) is 5.26 Å². The number of aryl methyl sites for hydroxylation is 1. The molecule has 4 aromatic rings. The lowest BCUT2D eigenvalue weighted by atomic mass is 10.1. The van der Waals surface area contributed by atoms with Crippen LogP contribution < -0.4 is 9.47 Å². The van der Waals surface area contributed by atoms with Gasteiger partial charge in [0.25, 0.3) is 0 Å². The van der Waals surface area contributed by atoms with Crippen LogP contribution in [0.2, 0.25) is 5.02 Å². The zero-order valence-corrected chi connectivity index (χ0v) is 18.6. The third-order valence-electron chi connectivity index (χ3n) is 4.93. The van der Waals surface area contributed by atoms with E-state index < -0.39 is 0 Å². The number of nitrogens with zero attached hydrogens (tertiary/aromatic N) is 2. The third-order valence-corrected chi connectivity index (χ3v) is 5.30. The van der Waals surface area contributed by atoms with E-state index in [1.807, 2.05) is 74.5 Å². The SMILES string of the molecule is CCOc1cc(C=C(C#N)c2nc3ccc(C)cc3[nH]2)ccc1OCc1ccccc1Cl. The summed E-state index contributed by atoms with van der Waals surface area (Å²) in [6.07, 6.45) is 1.78. The normalized spacial score (nSPS) is 11.4. The van der Waals surface area contributed by atoms with Crippen molar-refractivity contribution in [2.45, 2.75) is 20.5 Å². The molecular weight excluding hydrogens is 422 g/mol. The Morgan fingerprint density at radius 1 is 1.09 bits per heavy atom. The molecule has 0 saturated heterocycles. The molecule has 0 aliphatic carbocycles. The summed E-state index contributed by atoms with van der Waals surface area (Å²) in [6.45, 7) is 4.75. The van der Waals surface area contributed by atoms with Gasteiger partial charge in [0.05, 0.1) is 23.2 Å². The number of imidazole rings is 1. The van der Waals surface area contributed by atoms with E-state index >= 15 is 0 Å². The van der Waals surface area contributed by atoms with Crippen molar-refractivity contribution in [2.75, 3.05) is 6.61 Å². The monoisotopic (exact) mass is 443 g/mol. The number of hydrogen-bond donors (Lipinski definition) is 1. The van der Waals surface area contributed by atoms with Gasteiger partial charge in [-0.25, -0.2) is 4.98 Å². The largest absolute Gasteiger partial charge is 0.490 e. The minimum atomic E-state index is 0.330. The molecule has 0 atom stereocenters. The second-order valence-electron chi connectivity index (χ2n) is 7.30. The van der Waals surface area contributed by atoms with Crippen LogP contribution in [0.15, 0.2) is 60.7 Å². The number of benzene rings is 3. The van der Waals surface area contributed by atoms with Crippen molar-refractivity contribution in [3.63, 3.8) is 0 Å². The van der Waals surface area contributed by atoms with Crippen LogP contribution in [0.4, 0.5) is 0 Å². The van der Waals surface area contributed by atoms with E-state index in [2.05, 4.69) is 16.0 Å². The van der Waals surface area contributed by atoms with Gasteiger partial charge >= 0.3 is 0 Å². The zero-order chi connectivity index (χ0) is 22.5. The van der Waals surface area contributed by atoms with Crippen molar-refractivity contribution in [1.29, 1.82) is 5.26 Å². The summed E-state index contributed by atoms with van der Waals surface area (Å²) >= 11 is 6.23. The first-order valence-electron chi connectivity index (χ1n) is 10.3. The van der Waals surface area contributed by atoms with Gasteiger partial charge in [-0.1, -0.05) is 41.9 Å². The molecule has 0 amide bonds. The highest BCUT2D eigenvalue weighted by molar-refractivity contribution is 6.31. The number of fused-ring (bicyclic) bond motifs is 1. The van der Waals surface area contributed by atoms with Gasteiger partial charge in [-0.05, 0) is 61.4 Å². The number of rotatable bonds is 7. The number of hydrogen-bond acceptors (Lipinski definition) is 4. The van der Waals surface area contributed by atoms with Crippen LogP contribution in [-0.2, 0) is 6.61 Å².